The van der Waals surface area contributed by atoms with Crippen molar-refractivity contribution in [1.29, 1.82) is 0 Å². The number of hydrogen-bond donors (Lipinski definition) is 1. The van der Waals surface area contributed by atoms with Crippen molar-refractivity contribution in [2.75, 3.05) is 42.9 Å². The summed E-state index contributed by atoms with van der Waals surface area (Å²) >= 11 is 1.56. The first kappa shape index (κ1) is 31.5. The zero-order chi connectivity index (χ0) is 29.9. The Hall–Kier alpha value is -2.46. The van der Waals surface area contributed by atoms with Gasteiger partial charge in [-0.3, -0.25) is 14.3 Å². The molecule has 10 heteroatoms. The number of thioether (sulfide) groups is 1. The number of alkyl halides is 4. The second-order valence-electron chi connectivity index (χ2n) is 11.4. The van der Waals surface area contributed by atoms with Crippen LogP contribution in [0.1, 0.15) is 47.0 Å². The number of para-hydroxylation sites is 1. The Morgan fingerprint density at radius 2 is 1.76 bits per heavy atom. The Morgan fingerprint density at radius 1 is 1.12 bits per heavy atom. The van der Waals surface area contributed by atoms with Crippen molar-refractivity contribution >= 4 is 34.9 Å². The van der Waals surface area contributed by atoms with E-state index in [1.807, 2.05) is 41.3 Å². The molecule has 3 aliphatic rings. The van der Waals surface area contributed by atoms with Crippen molar-refractivity contribution in [3.8, 4) is 0 Å². The molecule has 0 spiro atoms. The molecule has 1 aromatic heterocycles. The molecule has 1 N–H and O–H groups in total. The number of nitrogens with one attached hydrogen (secondary N) is 1. The molecular formula is C31H42F4N4OS. The van der Waals surface area contributed by atoms with E-state index in [2.05, 4.69) is 33.0 Å². The maximum absolute atomic E-state index is 13.6. The number of hydrogen-bond acceptors (Lipinski definition) is 5. The van der Waals surface area contributed by atoms with Crippen molar-refractivity contribution in [1.82, 2.24) is 9.47 Å². The molecule has 226 valence electrons. The molecule has 2 fully saturated rings. The lowest BCUT2D eigenvalue weighted by molar-refractivity contribution is -0.146. The summed E-state index contributed by atoms with van der Waals surface area (Å²) in [6.45, 7) is 8.95. The molecule has 41 heavy (non-hydrogen) atoms. The second kappa shape index (κ2) is 13.2. The number of halogens is 4. The Morgan fingerprint density at radius 3 is 2.37 bits per heavy atom. The number of anilines is 2. The number of pyridine rings is 1. The van der Waals surface area contributed by atoms with Gasteiger partial charge in [0.15, 0.2) is 0 Å². The van der Waals surface area contributed by atoms with Crippen LogP contribution in [0.5, 0.6) is 0 Å². The van der Waals surface area contributed by atoms with Crippen molar-refractivity contribution in [3.05, 3.63) is 51.1 Å². The van der Waals surface area contributed by atoms with Crippen LogP contribution in [0.4, 0.5) is 29.1 Å². The van der Waals surface area contributed by atoms with Gasteiger partial charge < -0.3 is 10.2 Å². The first-order valence-corrected chi connectivity index (χ1v) is 15.4. The van der Waals surface area contributed by atoms with Gasteiger partial charge in [-0.25, -0.2) is 4.39 Å². The van der Waals surface area contributed by atoms with Gasteiger partial charge in [-0.1, -0.05) is 45.4 Å². The Labute approximate surface area is 244 Å². The van der Waals surface area contributed by atoms with Crippen molar-refractivity contribution in [2.24, 2.45) is 13.0 Å². The molecule has 2 aliphatic carbocycles. The summed E-state index contributed by atoms with van der Waals surface area (Å²) in [5.41, 5.74) is 1.98. The standard InChI is InChI=1S/C28H34F4N4OS.C3H8/c1-17-12-19(18(2)33-23-6-4-5-7-24(23)38-25-15-22(25)29)20-14-26(34(3)27(37)21(20)13-17)36-10-8-35(9-11-36)16-28(30,31)32;1-3-2/h4-7,13-14,17-18,22,25,33H,8-12,15-16H2,1-3H3;3H2,1-2H3. The lowest BCUT2D eigenvalue weighted by atomic mass is 9.89. The predicted molar refractivity (Wildman–Crippen MR) is 162 cm³/mol. The summed E-state index contributed by atoms with van der Waals surface area (Å²) < 4.78 is 53.7. The molecule has 1 saturated heterocycles. The average molecular weight is 595 g/mol. The highest BCUT2D eigenvalue weighted by Crippen LogP contribution is 2.44. The molecule has 0 bridgehead atoms. The first-order valence-electron chi connectivity index (χ1n) is 14.6. The van der Waals surface area contributed by atoms with Crippen LogP contribution in [0, 0.1) is 5.92 Å². The van der Waals surface area contributed by atoms with Gasteiger partial charge in [-0.15, -0.1) is 11.8 Å². The van der Waals surface area contributed by atoms with E-state index in [1.54, 1.807) is 23.4 Å². The Balaban J connectivity index is 0.00000124. The number of benzene rings is 1. The third kappa shape index (κ3) is 7.89. The summed E-state index contributed by atoms with van der Waals surface area (Å²) in [4.78, 5) is 17.9. The zero-order valence-corrected chi connectivity index (χ0v) is 25.4. The van der Waals surface area contributed by atoms with E-state index in [9.17, 15) is 22.4 Å². The van der Waals surface area contributed by atoms with Crippen LogP contribution in [0.25, 0.3) is 11.6 Å². The van der Waals surface area contributed by atoms with Gasteiger partial charge in [0.25, 0.3) is 5.56 Å². The largest absolute Gasteiger partial charge is 0.401 e. The molecular weight excluding hydrogens is 552 g/mol. The minimum Gasteiger partial charge on any atom is -0.378 e. The molecule has 1 aliphatic heterocycles. The van der Waals surface area contributed by atoms with Crippen LogP contribution in [-0.2, 0) is 7.05 Å². The highest BCUT2D eigenvalue weighted by molar-refractivity contribution is 8.00. The predicted octanol–water partition coefficient (Wildman–Crippen LogP) is 5.16. The van der Waals surface area contributed by atoms with Gasteiger partial charge in [0.1, 0.15) is 12.0 Å². The normalized spacial score (nSPS) is 23.2. The van der Waals surface area contributed by atoms with Crippen molar-refractivity contribution < 1.29 is 17.6 Å². The van der Waals surface area contributed by atoms with Crippen LogP contribution in [0.2, 0.25) is 0 Å². The Bertz CT molecular complexity index is 1380. The highest BCUT2D eigenvalue weighted by atomic mass is 32.2. The van der Waals surface area contributed by atoms with Crippen LogP contribution in [-0.4, -0.2) is 65.8 Å². The summed E-state index contributed by atoms with van der Waals surface area (Å²) in [6.07, 6.45) is -0.312. The number of rotatable bonds is 7. The quantitative estimate of drug-likeness (QED) is 0.449. The number of piperazine rings is 1. The van der Waals surface area contributed by atoms with Gasteiger partial charge in [0.2, 0.25) is 0 Å². The van der Waals surface area contributed by atoms with E-state index in [4.69, 9.17) is 0 Å². The van der Waals surface area contributed by atoms with E-state index in [-0.39, 0.29) is 35.9 Å². The lowest BCUT2D eigenvalue weighted by Crippen LogP contribution is -2.53. The minimum absolute atomic E-state index is 0.00752. The summed E-state index contributed by atoms with van der Waals surface area (Å²) in [5.74, 6) is 0.918. The maximum atomic E-state index is 13.6. The molecule has 4 atom stereocenters. The number of nitrogens with zero attached hydrogens (tertiary/aromatic N) is 3. The van der Waals surface area contributed by atoms with E-state index in [0.717, 1.165) is 33.6 Å². The van der Waals surface area contributed by atoms with Crippen LogP contribution < -0.4 is 26.2 Å². The molecule has 0 radical (unpaired) electrons. The topological polar surface area (TPSA) is 40.5 Å². The SMILES string of the molecule is CC1C=c2c(cc(N3CCN(CC(F)(F)F)CC3)n(C)c2=O)=C(C(C)Nc2ccccc2SC2CC2F)C1.CCC. The smallest absolute Gasteiger partial charge is 0.378 e. The average Bonchev–Trinajstić information content (AvgIpc) is 3.61. The number of aromatic nitrogens is 1. The van der Waals surface area contributed by atoms with Gasteiger partial charge >= 0.3 is 6.18 Å². The lowest BCUT2D eigenvalue weighted by Gasteiger charge is -2.37. The van der Waals surface area contributed by atoms with E-state index in [1.165, 1.54) is 11.3 Å². The highest BCUT2D eigenvalue weighted by Gasteiger charge is 2.38. The summed E-state index contributed by atoms with van der Waals surface area (Å²) in [6, 6.07) is 9.89. The molecule has 0 amide bonds. The first-order chi connectivity index (χ1) is 19.4. The molecule has 1 aromatic carbocycles. The second-order valence-corrected chi connectivity index (χ2v) is 12.7. The Kier molecular flexibility index (Phi) is 10.2. The molecule has 1 saturated carbocycles. The van der Waals surface area contributed by atoms with Crippen LogP contribution >= 0.6 is 11.8 Å². The summed E-state index contributed by atoms with van der Waals surface area (Å²) in [5, 5.41) is 5.20. The van der Waals surface area contributed by atoms with Gasteiger partial charge in [-0.2, -0.15) is 13.2 Å². The maximum Gasteiger partial charge on any atom is 0.401 e. The molecule has 5 rings (SSSR count). The van der Waals surface area contributed by atoms with Gasteiger partial charge in [0.05, 0.1) is 6.54 Å². The van der Waals surface area contributed by atoms with Crippen molar-refractivity contribution in [2.45, 2.75) is 75.5 Å². The fourth-order valence-electron chi connectivity index (χ4n) is 5.47. The van der Waals surface area contributed by atoms with Gasteiger partial charge in [-0.05, 0) is 54.7 Å². The van der Waals surface area contributed by atoms with E-state index >= 15 is 0 Å². The third-order valence-corrected chi connectivity index (χ3v) is 9.00. The minimum atomic E-state index is -4.22. The van der Waals surface area contributed by atoms with Gasteiger partial charge in [0, 0.05) is 60.3 Å². The third-order valence-electron chi connectivity index (χ3n) is 7.60. The molecule has 5 nitrogen and oxygen atoms in total. The fourth-order valence-corrected chi connectivity index (χ4v) is 6.64. The fraction of sp³-hybridized carbons (Fsp3) is 0.581. The van der Waals surface area contributed by atoms with Crippen LogP contribution in [0.15, 0.2) is 40.0 Å². The van der Waals surface area contributed by atoms with E-state index < -0.39 is 18.9 Å². The molecule has 2 aromatic rings. The van der Waals surface area contributed by atoms with Crippen LogP contribution in [0.3, 0.4) is 0 Å². The van der Waals surface area contributed by atoms with Crippen molar-refractivity contribution in [3.63, 3.8) is 0 Å². The molecule has 4 unspecified atom stereocenters. The zero-order valence-electron chi connectivity index (χ0n) is 24.6. The number of fused-ring (bicyclic) bond motifs is 1. The summed E-state index contributed by atoms with van der Waals surface area (Å²) in [7, 11) is 1.73. The monoisotopic (exact) mass is 594 g/mol. The van der Waals surface area contributed by atoms with E-state index in [0.29, 0.717) is 24.7 Å². The molecule has 2 heterocycles.